The van der Waals surface area contributed by atoms with Gasteiger partial charge in [0.1, 0.15) is 0 Å². The molecule has 3 unspecified atom stereocenters. The molecule has 4 nitrogen and oxygen atoms in total. The van der Waals surface area contributed by atoms with Crippen molar-refractivity contribution in [1.29, 1.82) is 0 Å². The maximum atomic E-state index is 5.31. The normalized spacial score (nSPS) is 31.5. The fourth-order valence-corrected chi connectivity index (χ4v) is 3.52. The third kappa shape index (κ3) is 3.44. The Morgan fingerprint density at radius 3 is 2.78 bits per heavy atom. The molecule has 106 valence electrons. The lowest BCUT2D eigenvalue weighted by atomic mass is 10.1. The standard InChI is InChI=1S/C14H29N3O/c1-4-15-12(11-18-3)9-17-8-7-13-5-6-14(10-17)16(13)2/h12-15H,4-11H2,1-3H3. The number of hydrogen-bond acceptors (Lipinski definition) is 4. The summed E-state index contributed by atoms with van der Waals surface area (Å²) in [7, 11) is 4.10. The third-order valence-corrected chi connectivity index (χ3v) is 4.57. The van der Waals surface area contributed by atoms with Crippen molar-refractivity contribution >= 4 is 0 Å². The molecule has 2 fully saturated rings. The predicted octanol–water partition coefficient (Wildman–Crippen LogP) is 0.779. The van der Waals surface area contributed by atoms with Crippen LogP contribution in [0.4, 0.5) is 0 Å². The Morgan fingerprint density at radius 1 is 1.28 bits per heavy atom. The van der Waals surface area contributed by atoms with Gasteiger partial charge < -0.3 is 15.0 Å². The van der Waals surface area contributed by atoms with Crippen LogP contribution >= 0.6 is 0 Å². The Bertz CT molecular complexity index is 243. The quantitative estimate of drug-likeness (QED) is 0.759. The van der Waals surface area contributed by atoms with Crippen molar-refractivity contribution in [2.24, 2.45) is 0 Å². The Hall–Kier alpha value is -0.160. The molecule has 0 aromatic heterocycles. The smallest absolute Gasteiger partial charge is 0.0628 e. The summed E-state index contributed by atoms with van der Waals surface area (Å²) in [6.45, 7) is 7.61. The molecule has 2 aliphatic heterocycles. The number of fused-ring (bicyclic) bond motifs is 2. The number of likely N-dealkylation sites (tertiary alicyclic amines) is 1. The highest BCUT2D eigenvalue weighted by molar-refractivity contribution is 4.91. The number of methoxy groups -OCH3 is 1. The first-order valence-corrected chi connectivity index (χ1v) is 7.41. The van der Waals surface area contributed by atoms with Crippen molar-refractivity contribution in [3.05, 3.63) is 0 Å². The van der Waals surface area contributed by atoms with E-state index in [0.29, 0.717) is 6.04 Å². The van der Waals surface area contributed by atoms with E-state index >= 15 is 0 Å². The van der Waals surface area contributed by atoms with E-state index in [1.165, 1.54) is 32.4 Å². The van der Waals surface area contributed by atoms with Crippen molar-refractivity contribution < 1.29 is 4.74 Å². The molecule has 0 radical (unpaired) electrons. The van der Waals surface area contributed by atoms with E-state index in [1.807, 2.05) is 0 Å². The number of nitrogens with one attached hydrogen (secondary N) is 1. The predicted molar refractivity (Wildman–Crippen MR) is 75.0 cm³/mol. The van der Waals surface area contributed by atoms with Crippen molar-refractivity contribution in [3.63, 3.8) is 0 Å². The van der Waals surface area contributed by atoms with E-state index in [0.717, 1.165) is 31.8 Å². The molecule has 0 spiro atoms. The van der Waals surface area contributed by atoms with E-state index in [2.05, 4.69) is 29.1 Å². The van der Waals surface area contributed by atoms with Crippen molar-refractivity contribution in [2.75, 3.05) is 46.9 Å². The zero-order valence-corrected chi connectivity index (χ0v) is 12.2. The molecule has 3 atom stereocenters. The minimum absolute atomic E-state index is 0.474. The summed E-state index contributed by atoms with van der Waals surface area (Å²) in [6, 6.07) is 2.09. The van der Waals surface area contributed by atoms with E-state index in [9.17, 15) is 0 Å². The monoisotopic (exact) mass is 255 g/mol. The van der Waals surface area contributed by atoms with Crippen LogP contribution in [0.2, 0.25) is 0 Å². The zero-order chi connectivity index (χ0) is 13.0. The average Bonchev–Trinajstić information content (AvgIpc) is 2.58. The van der Waals surface area contributed by atoms with Gasteiger partial charge in [-0.25, -0.2) is 0 Å². The lowest BCUT2D eigenvalue weighted by molar-refractivity contribution is 0.133. The van der Waals surface area contributed by atoms with Crippen LogP contribution in [0.15, 0.2) is 0 Å². The summed E-state index contributed by atoms with van der Waals surface area (Å²) in [5.41, 5.74) is 0. The van der Waals surface area contributed by atoms with Gasteiger partial charge in [-0.1, -0.05) is 6.92 Å². The van der Waals surface area contributed by atoms with Crippen LogP contribution in [-0.2, 0) is 4.74 Å². The Labute approximate surface area is 112 Å². The minimum atomic E-state index is 0.474. The molecule has 0 aromatic carbocycles. The van der Waals surface area contributed by atoms with Crippen LogP contribution in [0, 0.1) is 0 Å². The number of hydrogen-bond donors (Lipinski definition) is 1. The van der Waals surface area contributed by atoms with Gasteiger partial charge in [-0.3, -0.25) is 4.90 Å². The van der Waals surface area contributed by atoms with E-state index in [1.54, 1.807) is 7.11 Å². The largest absolute Gasteiger partial charge is 0.383 e. The van der Waals surface area contributed by atoms with Gasteiger partial charge in [-0.2, -0.15) is 0 Å². The minimum Gasteiger partial charge on any atom is -0.383 e. The number of likely N-dealkylation sites (N-methyl/N-ethyl adjacent to an activating group) is 2. The van der Waals surface area contributed by atoms with Gasteiger partial charge in [0.2, 0.25) is 0 Å². The van der Waals surface area contributed by atoms with Crippen LogP contribution in [0.1, 0.15) is 26.2 Å². The fraction of sp³-hybridized carbons (Fsp3) is 1.00. The van der Waals surface area contributed by atoms with Crippen molar-refractivity contribution in [1.82, 2.24) is 15.1 Å². The van der Waals surface area contributed by atoms with Gasteiger partial charge >= 0.3 is 0 Å². The lowest BCUT2D eigenvalue weighted by Gasteiger charge is -2.29. The first kappa shape index (κ1) is 14.3. The summed E-state index contributed by atoms with van der Waals surface area (Å²) in [4.78, 5) is 5.24. The van der Waals surface area contributed by atoms with Gasteiger partial charge in [0.15, 0.2) is 0 Å². The van der Waals surface area contributed by atoms with Crippen LogP contribution < -0.4 is 5.32 Å². The average molecular weight is 255 g/mol. The van der Waals surface area contributed by atoms with Gasteiger partial charge in [-0.15, -0.1) is 0 Å². The Kier molecular flexibility index (Phi) is 5.42. The summed E-state index contributed by atoms with van der Waals surface area (Å²) >= 11 is 0. The molecule has 18 heavy (non-hydrogen) atoms. The van der Waals surface area contributed by atoms with Crippen LogP contribution in [0.3, 0.4) is 0 Å². The summed E-state index contributed by atoms with van der Waals surface area (Å²) in [5, 5.41) is 3.53. The zero-order valence-electron chi connectivity index (χ0n) is 12.2. The molecule has 2 saturated heterocycles. The summed E-state index contributed by atoms with van der Waals surface area (Å²) in [6.07, 6.45) is 4.12. The fourth-order valence-electron chi connectivity index (χ4n) is 3.52. The molecule has 2 heterocycles. The molecular weight excluding hydrogens is 226 g/mol. The molecule has 0 aliphatic carbocycles. The molecule has 4 heteroatoms. The molecule has 0 amide bonds. The highest BCUT2D eigenvalue weighted by atomic mass is 16.5. The molecule has 2 rings (SSSR count). The van der Waals surface area contributed by atoms with Crippen LogP contribution in [0.25, 0.3) is 0 Å². The number of ether oxygens (including phenoxy) is 1. The molecule has 0 aromatic rings. The SMILES string of the molecule is CCNC(COC)CN1CCC2CCC(C1)N2C. The second-order valence-electron chi connectivity index (χ2n) is 5.81. The van der Waals surface area contributed by atoms with Gasteiger partial charge in [0.25, 0.3) is 0 Å². The van der Waals surface area contributed by atoms with E-state index in [4.69, 9.17) is 4.74 Å². The Morgan fingerprint density at radius 2 is 2.06 bits per heavy atom. The van der Waals surface area contributed by atoms with Crippen molar-refractivity contribution in [3.8, 4) is 0 Å². The van der Waals surface area contributed by atoms with E-state index < -0.39 is 0 Å². The van der Waals surface area contributed by atoms with Crippen LogP contribution in [0.5, 0.6) is 0 Å². The van der Waals surface area contributed by atoms with E-state index in [-0.39, 0.29) is 0 Å². The van der Waals surface area contributed by atoms with Gasteiger partial charge in [-0.05, 0) is 39.4 Å². The molecule has 2 aliphatic rings. The van der Waals surface area contributed by atoms with Gasteiger partial charge in [0.05, 0.1) is 6.61 Å². The first-order chi connectivity index (χ1) is 8.74. The molecular formula is C14H29N3O. The Balaban J connectivity index is 1.85. The maximum absolute atomic E-state index is 5.31. The second kappa shape index (κ2) is 6.85. The van der Waals surface area contributed by atoms with Crippen LogP contribution in [-0.4, -0.2) is 74.9 Å². The number of nitrogens with zero attached hydrogens (tertiary/aromatic N) is 2. The maximum Gasteiger partial charge on any atom is 0.0628 e. The molecule has 0 saturated carbocycles. The summed E-state index contributed by atoms with van der Waals surface area (Å²) in [5.74, 6) is 0. The molecule has 2 bridgehead atoms. The topological polar surface area (TPSA) is 27.7 Å². The highest BCUT2D eigenvalue weighted by Gasteiger charge is 2.34. The second-order valence-corrected chi connectivity index (χ2v) is 5.81. The molecule has 1 N–H and O–H groups in total. The lowest BCUT2D eigenvalue weighted by Crippen LogP contribution is -2.46. The first-order valence-electron chi connectivity index (χ1n) is 7.41. The third-order valence-electron chi connectivity index (χ3n) is 4.57. The number of rotatable bonds is 6. The highest BCUT2D eigenvalue weighted by Crippen LogP contribution is 2.28. The van der Waals surface area contributed by atoms with Crippen molar-refractivity contribution in [2.45, 2.75) is 44.3 Å². The van der Waals surface area contributed by atoms with Gasteiger partial charge in [0, 0.05) is 38.3 Å². The summed E-state index contributed by atoms with van der Waals surface area (Å²) < 4.78 is 5.31.